The average Bonchev–Trinajstić information content (AvgIpc) is 2.69. The molecule has 0 heterocycles. The number of aliphatic carboxylic acids is 1. The van der Waals surface area contributed by atoms with E-state index in [0.29, 0.717) is 18.3 Å². The fourth-order valence-corrected chi connectivity index (χ4v) is 3.76. The van der Waals surface area contributed by atoms with E-state index in [1.54, 1.807) is 0 Å². The molecule has 1 N–H and O–H groups in total. The molecule has 0 bridgehead atoms. The van der Waals surface area contributed by atoms with Crippen LogP contribution in [0.3, 0.4) is 0 Å². The lowest BCUT2D eigenvalue weighted by Crippen LogP contribution is -2.42. The summed E-state index contributed by atoms with van der Waals surface area (Å²) in [7, 11) is 0. The van der Waals surface area contributed by atoms with Gasteiger partial charge in [0, 0.05) is 19.5 Å². The number of allylic oxidation sites excluding steroid dienone is 1. The number of carbonyl (C=O) groups excluding carboxylic acids is 1. The van der Waals surface area contributed by atoms with Gasteiger partial charge >= 0.3 is 5.97 Å². The number of rotatable bonds is 17. The highest BCUT2D eigenvalue weighted by atomic mass is 16.4. The Hall–Kier alpha value is -1.32. The molecule has 0 saturated heterocycles. The summed E-state index contributed by atoms with van der Waals surface area (Å²) < 4.78 is 0. The zero-order chi connectivity index (χ0) is 21.4. The van der Waals surface area contributed by atoms with E-state index < -0.39 is 5.97 Å². The summed E-state index contributed by atoms with van der Waals surface area (Å²) in [4.78, 5) is 26.5. The van der Waals surface area contributed by atoms with Gasteiger partial charge in [-0.05, 0) is 38.0 Å². The van der Waals surface area contributed by atoms with Gasteiger partial charge in [0.25, 0.3) is 0 Å². The lowest BCUT2D eigenvalue weighted by Gasteiger charge is -2.33. The van der Waals surface area contributed by atoms with Crippen molar-refractivity contribution in [1.29, 1.82) is 0 Å². The van der Waals surface area contributed by atoms with Crippen LogP contribution in [0.25, 0.3) is 0 Å². The minimum Gasteiger partial charge on any atom is -0.481 e. The Morgan fingerprint density at radius 3 is 1.75 bits per heavy atom. The van der Waals surface area contributed by atoms with Crippen molar-refractivity contribution < 1.29 is 14.7 Å². The molecule has 4 nitrogen and oxygen atoms in total. The molecule has 1 amide bonds. The van der Waals surface area contributed by atoms with E-state index in [1.807, 2.05) is 19.1 Å². The van der Waals surface area contributed by atoms with Crippen molar-refractivity contribution in [2.75, 3.05) is 13.1 Å². The maximum atomic E-state index is 13.4. The number of hydrogen-bond acceptors (Lipinski definition) is 2. The Labute approximate surface area is 173 Å². The molecule has 0 aromatic carbocycles. The SMILES string of the molecule is C/C=C\C(CCC(=O)O)C(=O)N(CC(CC)CCCC)CC(CC)CCCC. The molecule has 0 saturated carbocycles. The summed E-state index contributed by atoms with van der Waals surface area (Å²) in [5.41, 5.74) is 0. The molecular weight excluding hydrogens is 350 g/mol. The number of unbranched alkanes of at least 4 members (excludes halogenated alkanes) is 2. The number of carboxylic acid groups (broad SMARTS) is 1. The Balaban J connectivity index is 5.37. The first-order chi connectivity index (χ1) is 13.4. The standard InChI is InChI=1S/C24H45NO3/c1-6-11-14-20(9-4)18-25(19-21(10-5)15-12-7-2)24(28)22(13-8-3)16-17-23(26)27/h8,13,20-22H,6-7,9-12,14-19H2,1-5H3,(H,26,27)/b13-8-. The molecule has 4 heteroatoms. The Morgan fingerprint density at radius 1 is 0.893 bits per heavy atom. The maximum Gasteiger partial charge on any atom is 0.303 e. The minimum absolute atomic E-state index is 0.0364. The van der Waals surface area contributed by atoms with Gasteiger partial charge in [-0.2, -0.15) is 0 Å². The topological polar surface area (TPSA) is 57.6 Å². The van der Waals surface area contributed by atoms with Crippen LogP contribution in [0.4, 0.5) is 0 Å². The molecule has 28 heavy (non-hydrogen) atoms. The molecule has 0 fully saturated rings. The lowest BCUT2D eigenvalue weighted by atomic mass is 9.93. The summed E-state index contributed by atoms with van der Waals surface area (Å²) in [6, 6.07) is 0. The zero-order valence-electron chi connectivity index (χ0n) is 19.1. The van der Waals surface area contributed by atoms with Crippen LogP contribution in [0.5, 0.6) is 0 Å². The third-order valence-electron chi connectivity index (χ3n) is 5.77. The second-order valence-corrected chi connectivity index (χ2v) is 8.14. The highest BCUT2D eigenvalue weighted by Crippen LogP contribution is 2.22. The van der Waals surface area contributed by atoms with Crippen LogP contribution in [0, 0.1) is 17.8 Å². The quantitative estimate of drug-likeness (QED) is 0.294. The summed E-state index contributed by atoms with van der Waals surface area (Å²) in [6.07, 6.45) is 13.4. The van der Waals surface area contributed by atoms with Crippen LogP contribution >= 0.6 is 0 Å². The summed E-state index contributed by atoms with van der Waals surface area (Å²) >= 11 is 0. The molecule has 0 aliphatic carbocycles. The fourth-order valence-electron chi connectivity index (χ4n) is 3.76. The van der Waals surface area contributed by atoms with Gasteiger partial charge in [-0.15, -0.1) is 0 Å². The Kier molecular flexibility index (Phi) is 15.8. The second-order valence-electron chi connectivity index (χ2n) is 8.14. The maximum absolute atomic E-state index is 13.4. The normalized spacial score (nSPS) is 14.8. The molecule has 0 aromatic heterocycles. The fraction of sp³-hybridized carbons (Fsp3) is 0.833. The van der Waals surface area contributed by atoms with Gasteiger partial charge in [-0.3, -0.25) is 9.59 Å². The monoisotopic (exact) mass is 395 g/mol. The molecule has 3 unspecified atom stereocenters. The number of hydrogen-bond donors (Lipinski definition) is 1. The predicted molar refractivity (Wildman–Crippen MR) is 118 cm³/mol. The van der Waals surface area contributed by atoms with Crippen molar-refractivity contribution in [3.63, 3.8) is 0 Å². The van der Waals surface area contributed by atoms with E-state index in [9.17, 15) is 9.59 Å². The van der Waals surface area contributed by atoms with Gasteiger partial charge < -0.3 is 10.0 Å². The smallest absolute Gasteiger partial charge is 0.303 e. The minimum atomic E-state index is -0.836. The third-order valence-corrected chi connectivity index (χ3v) is 5.77. The first-order valence-corrected chi connectivity index (χ1v) is 11.6. The van der Waals surface area contributed by atoms with E-state index >= 15 is 0 Å². The van der Waals surface area contributed by atoms with Crippen molar-refractivity contribution in [3.05, 3.63) is 12.2 Å². The van der Waals surface area contributed by atoms with E-state index in [0.717, 1.165) is 38.8 Å². The van der Waals surface area contributed by atoms with Crippen LogP contribution in [0.2, 0.25) is 0 Å². The first kappa shape index (κ1) is 26.7. The van der Waals surface area contributed by atoms with Crippen LogP contribution < -0.4 is 0 Å². The Bertz CT molecular complexity index is 429. The summed E-state index contributed by atoms with van der Waals surface area (Å²) in [5.74, 6) is 0.00643. The number of nitrogens with zero attached hydrogens (tertiary/aromatic N) is 1. The van der Waals surface area contributed by atoms with Gasteiger partial charge in [0.2, 0.25) is 5.91 Å². The first-order valence-electron chi connectivity index (χ1n) is 11.6. The predicted octanol–water partition coefficient (Wildman–Crippen LogP) is 6.30. The van der Waals surface area contributed by atoms with Crippen molar-refractivity contribution >= 4 is 11.9 Å². The van der Waals surface area contributed by atoms with Gasteiger partial charge in [-0.25, -0.2) is 0 Å². The van der Waals surface area contributed by atoms with Gasteiger partial charge in [0.15, 0.2) is 0 Å². The molecule has 0 spiro atoms. The van der Waals surface area contributed by atoms with Gasteiger partial charge in [-0.1, -0.05) is 78.4 Å². The molecule has 0 radical (unpaired) electrons. The lowest BCUT2D eigenvalue weighted by molar-refractivity contribution is -0.138. The molecule has 0 rings (SSSR count). The van der Waals surface area contributed by atoms with E-state index in [2.05, 4.69) is 32.6 Å². The van der Waals surface area contributed by atoms with E-state index in [1.165, 1.54) is 25.7 Å². The highest BCUT2D eigenvalue weighted by molar-refractivity contribution is 5.81. The van der Waals surface area contributed by atoms with Gasteiger partial charge in [0.05, 0.1) is 5.92 Å². The number of amides is 1. The van der Waals surface area contributed by atoms with Crippen molar-refractivity contribution in [3.8, 4) is 0 Å². The van der Waals surface area contributed by atoms with Crippen LogP contribution in [0.1, 0.15) is 98.8 Å². The van der Waals surface area contributed by atoms with Gasteiger partial charge in [0.1, 0.15) is 0 Å². The van der Waals surface area contributed by atoms with Crippen LogP contribution in [0.15, 0.2) is 12.2 Å². The molecule has 0 aliphatic heterocycles. The molecular formula is C24H45NO3. The molecule has 3 atom stereocenters. The third kappa shape index (κ3) is 11.5. The highest BCUT2D eigenvalue weighted by Gasteiger charge is 2.26. The Morgan fingerprint density at radius 2 is 1.39 bits per heavy atom. The van der Waals surface area contributed by atoms with E-state index in [4.69, 9.17) is 5.11 Å². The average molecular weight is 396 g/mol. The molecule has 0 aromatic rings. The van der Waals surface area contributed by atoms with Crippen LogP contribution in [-0.4, -0.2) is 35.0 Å². The molecule has 0 aliphatic rings. The van der Waals surface area contributed by atoms with Crippen molar-refractivity contribution in [2.45, 2.75) is 98.8 Å². The van der Waals surface area contributed by atoms with Crippen LogP contribution in [-0.2, 0) is 9.59 Å². The second kappa shape index (κ2) is 16.6. The summed E-state index contributed by atoms with van der Waals surface area (Å²) in [6.45, 7) is 12.4. The summed E-state index contributed by atoms with van der Waals surface area (Å²) in [5, 5.41) is 9.06. The van der Waals surface area contributed by atoms with Crippen molar-refractivity contribution in [1.82, 2.24) is 4.90 Å². The number of carboxylic acids is 1. The number of carbonyl (C=O) groups is 2. The molecule has 164 valence electrons. The largest absolute Gasteiger partial charge is 0.481 e. The zero-order valence-corrected chi connectivity index (χ0v) is 19.1. The van der Waals surface area contributed by atoms with Crippen molar-refractivity contribution in [2.24, 2.45) is 17.8 Å². The van der Waals surface area contributed by atoms with E-state index in [-0.39, 0.29) is 18.2 Å².